The van der Waals surface area contributed by atoms with Crippen molar-refractivity contribution in [2.45, 2.75) is 73.9 Å². The lowest BCUT2D eigenvalue weighted by molar-refractivity contribution is 0.285. The highest BCUT2D eigenvalue weighted by Crippen LogP contribution is 2.21. The normalized spacial score (nSPS) is 19.2. The van der Waals surface area contributed by atoms with Crippen LogP contribution in [0.5, 0.6) is 0 Å². The number of aliphatic imine (C=N–C) groups is 4. The highest BCUT2D eigenvalue weighted by Gasteiger charge is 2.25. The lowest BCUT2D eigenvalue weighted by atomic mass is 10.0. The molecule has 0 radical (unpaired) electrons. The van der Waals surface area contributed by atoms with Crippen molar-refractivity contribution in [2.75, 3.05) is 51.5 Å². The van der Waals surface area contributed by atoms with Crippen LogP contribution >= 0.6 is 21.6 Å². The summed E-state index contributed by atoms with van der Waals surface area (Å²) in [4.78, 5) is 17.8. The Hall–Kier alpha value is -1.42. The molecule has 0 bridgehead atoms. The smallest absolute Gasteiger partial charge is 0.210 e. The summed E-state index contributed by atoms with van der Waals surface area (Å²) in [7, 11) is 3.48. The number of nitrogens with zero attached hydrogens (tertiary/aromatic N) is 4. The summed E-state index contributed by atoms with van der Waals surface area (Å²) in [6.45, 7) is 19.9. The van der Waals surface area contributed by atoms with Gasteiger partial charge in [-0.25, -0.2) is 20.0 Å². The summed E-state index contributed by atoms with van der Waals surface area (Å²) >= 11 is 0. The summed E-state index contributed by atoms with van der Waals surface area (Å²) in [5, 5.41) is 0. The molecule has 0 aromatic heterocycles. The van der Waals surface area contributed by atoms with E-state index in [-0.39, 0.29) is 12.1 Å². The van der Waals surface area contributed by atoms with Gasteiger partial charge in [-0.3, -0.25) is 0 Å². The second kappa shape index (κ2) is 20.9. The van der Waals surface area contributed by atoms with E-state index in [1.807, 2.05) is 27.7 Å². The maximum atomic E-state index is 5.48. The van der Waals surface area contributed by atoms with E-state index in [4.69, 9.17) is 18.9 Å². The van der Waals surface area contributed by atoms with Crippen LogP contribution in [0.1, 0.15) is 61.8 Å². The van der Waals surface area contributed by atoms with Gasteiger partial charge in [0.25, 0.3) is 0 Å². The van der Waals surface area contributed by atoms with Gasteiger partial charge in [-0.05, 0) is 39.9 Å². The quantitative estimate of drug-likeness (QED) is 0.391. The average Bonchev–Trinajstić information content (AvgIpc) is 2.81. The zero-order chi connectivity index (χ0) is 25.8. The molecule has 10 heteroatoms. The van der Waals surface area contributed by atoms with Gasteiger partial charge in [-0.1, -0.05) is 55.7 Å². The molecule has 2 aliphatic rings. The molecule has 0 aliphatic carbocycles. The molecule has 0 aromatic rings. The van der Waals surface area contributed by atoms with Crippen LogP contribution in [-0.2, 0) is 18.9 Å². The molecule has 0 fully saturated rings. The molecule has 2 aliphatic heterocycles. The van der Waals surface area contributed by atoms with Crippen LogP contribution in [0.2, 0.25) is 0 Å². The van der Waals surface area contributed by atoms with Crippen molar-refractivity contribution in [1.82, 2.24) is 0 Å². The molecular formula is C24H46N4O4S2. The third kappa shape index (κ3) is 13.5. The van der Waals surface area contributed by atoms with Gasteiger partial charge in [0.1, 0.15) is 25.2 Å². The Morgan fingerprint density at radius 3 is 1.71 bits per heavy atom. The molecule has 0 N–H and O–H groups in total. The van der Waals surface area contributed by atoms with Gasteiger partial charge in [0.05, 0.1) is 26.4 Å². The highest BCUT2D eigenvalue weighted by atomic mass is 33.1. The van der Waals surface area contributed by atoms with E-state index in [2.05, 4.69) is 53.9 Å². The van der Waals surface area contributed by atoms with Gasteiger partial charge in [0, 0.05) is 5.75 Å². The molecule has 2 heterocycles. The average molecular weight is 519 g/mol. The van der Waals surface area contributed by atoms with Gasteiger partial charge in [0.2, 0.25) is 23.6 Å². The highest BCUT2D eigenvalue weighted by molar-refractivity contribution is 8.76. The first-order valence-electron chi connectivity index (χ1n) is 12.3. The summed E-state index contributed by atoms with van der Waals surface area (Å²) in [6, 6.07) is 0.0212. The van der Waals surface area contributed by atoms with Gasteiger partial charge in [-0.2, -0.15) is 0 Å². The zero-order valence-electron chi connectivity index (χ0n) is 22.6. The zero-order valence-corrected chi connectivity index (χ0v) is 24.3. The third-order valence-electron chi connectivity index (χ3n) is 4.04. The largest absolute Gasteiger partial charge is 0.480 e. The van der Waals surface area contributed by atoms with Crippen LogP contribution in [0.15, 0.2) is 20.0 Å². The Balaban J connectivity index is 0.000000575. The van der Waals surface area contributed by atoms with Crippen LogP contribution in [0.25, 0.3) is 0 Å². The summed E-state index contributed by atoms with van der Waals surface area (Å²) in [6.07, 6.45) is 3.30. The molecule has 2 rings (SSSR count). The minimum Gasteiger partial charge on any atom is -0.480 e. The molecule has 0 saturated carbocycles. The van der Waals surface area contributed by atoms with E-state index in [9.17, 15) is 0 Å². The second-order valence-corrected chi connectivity index (χ2v) is 10.1. The summed E-state index contributed by atoms with van der Waals surface area (Å²) in [5.74, 6) is 4.18. The topological polar surface area (TPSA) is 86.4 Å². The van der Waals surface area contributed by atoms with Gasteiger partial charge in [-0.15, -0.1) is 0 Å². The predicted octanol–water partition coefficient (Wildman–Crippen LogP) is 5.56. The lowest BCUT2D eigenvalue weighted by Crippen LogP contribution is -2.33. The molecule has 34 heavy (non-hydrogen) atoms. The molecule has 0 aromatic carbocycles. The molecule has 0 saturated heterocycles. The fourth-order valence-electron chi connectivity index (χ4n) is 2.75. The maximum absolute atomic E-state index is 5.48. The van der Waals surface area contributed by atoms with Crippen molar-refractivity contribution in [1.29, 1.82) is 0 Å². The van der Waals surface area contributed by atoms with Crippen molar-refractivity contribution < 1.29 is 18.9 Å². The van der Waals surface area contributed by atoms with E-state index < -0.39 is 0 Å². The summed E-state index contributed by atoms with van der Waals surface area (Å²) < 4.78 is 21.7. The summed E-state index contributed by atoms with van der Waals surface area (Å²) in [5.41, 5.74) is 0. The van der Waals surface area contributed by atoms with Crippen LogP contribution in [0.4, 0.5) is 0 Å². The standard InChI is InChI=1S/C11H20N2O2.C10H18N2O2S2.C3H8/c1-5-14-9-7-12-11(15-6-2)10(13-9)8(3)4;1-4-13-9-6-11-10(14-5-2)8(12-9)7-16-15-3;1-3-2/h8,10H,5-7H2,1-4H3;8H,4-7H2,1-3H3;3H2,1-2H3. The Morgan fingerprint density at radius 1 is 0.765 bits per heavy atom. The molecule has 2 atom stereocenters. The minimum atomic E-state index is 0.00713. The van der Waals surface area contributed by atoms with E-state index in [1.54, 1.807) is 21.6 Å². The molecule has 8 nitrogen and oxygen atoms in total. The van der Waals surface area contributed by atoms with E-state index in [1.165, 1.54) is 6.42 Å². The van der Waals surface area contributed by atoms with Crippen molar-refractivity contribution in [3.63, 3.8) is 0 Å². The van der Waals surface area contributed by atoms with Crippen LogP contribution in [-0.4, -0.2) is 87.2 Å². The molecule has 2 unspecified atom stereocenters. The molecule has 0 amide bonds. The third-order valence-corrected chi connectivity index (χ3v) is 5.85. The number of rotatable bonds is 8. The van der Waals surface area contributed by atoms with E-state index >= 15 is 0 Å². The first-order valence-corrected chi connectivity index (χ1v) is 15.0. The Morgan fingerprint density at radius 2 is 1.24 bits per heavy atom. The van der Waals surface area contributed by atoms with Gasteiger partial charge in [0.15, 0.2) is 0 Å². The van der Waals surface area contributed by atoms with Crippen molar-refractivity contribution in [3.05, 3.63) is 0 Å². The second-order valence-electron chi connectivity index (χ2n) is 7.45. The van der Waals surface area contributed by atoms with Crippen LogP contribution < -0.4 is 0 Å². The minimum absolute atomic E-state index is 0.00713. The SMILES string of the molecule is CCC.CCOC1=NC(C(C)C)C(OCC)=NC1.CCOC1=NC(CSSC)C(OCC)=NC1. The van der Waals surface area contributed by atoms with Crippen molar-refractivity contribution >= 4 is 45.2 Å². The van der Waals surface area contributed by atoms with Crippen molar-refractivity contribution in [2.24, 2.45) is 25.9 Å². The van der Waals surface area contributed by atoms with E-state index in [0.29, 0.717) is 45.4 Å². The Bertz CT molecular complexity index is 655. The van der Waals surface area contributed by atoms with Crippen LogP contribution in [0, 0.1) is 5.92 Å². The Kier molecular flexibility index (Phi) is 20.0. The number of hydrogen-bond acceptors (Lipinski definition) is 10. The maximum Gasteiger partial charge on any atom is 0.210 e. The fourth-order valence-corrected chi connectivity index (χ4v) is 4.03. The van der Waals surface area contributed by atoms with Crippen LogP contribution in [0.3, 0.4) is 0 Å². The lowest BCUT2D eigenvalue weighted by Gasteiger charge is -2.23. The van der Waals surface area contributed by atoms with E-state index in [0.717, 1.165) is 29.3 Å². The first kappa shape index (κ1) is 32.6. The van der Waals surface area contributed by atoms with Gasteiger partial charge < -0.3 is 18.9 Å². The molecule has 198 valence electrons. The molecular weight excluding hydrogens is 472 g/mol. The monoisotopic (exact) mass is 518 g/mol. The van der Waals surface area contributed by atoms with Crippen molar-refractivity contribution in [3.8, 4) is 0 Å². The predicted molar refractivity (Wildman–Crippen MR) is 150 cm³/mol. The molecule has 0 spiro atoms. The van der Waals surface area contributed by atoms with Gasteiger partial charge >= 0.3 is 0 Å². The number of ether oxygens (including phenoxy) is 4. The first-order chi connectivity index (χ1) is 16.4. The number of hydrogen-bond donors (Lipinski definition) is 0. The Labute approximate surface area is 215 Å². The fraction of sp³-hybridized carbons (Fsp3) is 0.833.